The summed E-state index contributed by atoms with van der Waals surface area (Å²) < 4.78 is 17.2. The number of rotatable bonds is 5. The Hall–Kier alpha value is -2.42. The second kappa shape index (κ2) is 8.85. The zero-order valence-electron chi connectivity index (χ0n) is 21.0. The van der Waals surface area contributed by atoms with Gasteiger partial charge in [-0.2, -0.15) is 0 Å². The molecule has 0 aliphatic heterocycles. The molecule has 4 aliphatic carbocycles. The molecule has 3 fully saturated rings. The van der Waals surface area contributed by atoms with Crippen LogP contribution < -0.4 is 0 Å². The zero-order chi connectivity index (χ0) is 25.9. The van der Waals surface area contributed by atoms with E-state index in [9.17, 15) is 20.1 Å². The number of carbonyl (C=O) groups excluding carboxylic acids is 1. The highest BCUT2D eigenvalue weighted by atomic mass is 19.1. The molecule has 3 N–H and O–H groups in total. The Labute approximate surface area is 210 Å². The van der Waals surface area contributed by atoms with Crippen LogP contribution in [0.3, 0.4) is 0 Å². The normalized spacial score (nSPS) is 42.4. The molecule has 36 heavy (non-hydrogen) atoms. The van der Waals surface area contributed by atoms with Crippen molar-refractivity contribution in [2.24, 2.45) is 34.2 Å². The van der Waals surface area contributed by atoms with Crippen LogP contribution in [0.4, 0.5) is 4.39 Å². The number of ketones is 1. The summed E-state index contributed by atoms with van der Waals surface area (Å²) in [5, 5.41) is 36.3. The van der Waals surface area contributed by atoms with Crippen LogP contribution in [0, 0.1) is 36.0 Å². The molecule has 4 aliphatic rings. The van der Waals surface area contributed by atoms with Crippen LogP contribution in [0.5, 0.6) is 0 Å². The van der Waals surface area contributed by atoms with Crippen molar-refractivity contribution in [2.75, 3.05) is 6.61 Å². The summed E-state index contributed by atoms with van der Waals surface area (Å²) in [4.78, 5) is 22.2. The number of Topliss-reactive ketones (excluding diaryl/α,β-unsaturated/α-hetero) is 1. The van der Waals surface area contributed by atoms with Crippen LogP contribution in [0.2, 0.25) is 0 Å². The van der Waals surface area contributed by atoms with E-state index in [1.165, 1.54) is 0 Å². The minimum Gasteiger partial charge on any atom is -0.390 e. The average Bonchev–Trinajstić information content (AvgIpc) is 3.10. The Morgan fingerprint density at radius 3 is 2.81 bits per heavy atom. The quantitative estimate of drug-likeness (QED) is 0.538. The number of oxime groups is 1. The van der Waals surface area contributed by atoms with Crippen molar-refractivity contribution in [3.05, 3.63) is 53.4 Å². The van der Waals surface area contributed by atoms with Crippen molar-refractivity contribution >= 4 is 11.5 Å². The lowest BCUT2D eigenvalue weighted by Crippen LogP contribution is -2.66. The number of hydrogen-bond acceptors (Lipinski definition) is 7. The predicted octanol–water partition coefficient (Wildman–Crippen LogP) is 3.21. The van der Waals surface area contributed by atoms with Gasteiger partial charge in [-0.25, -0.2) is 4.39 Å². The molecule has 3 saturated carbocycles. The van der Waals surface area contributed by atoms with Gasteiger partial charge in [0, 0.05) is 35.2 Å². The number of carbonyl (C=O) groups is 1. The molecule has 0 radical (unpaired) electrons. The molecule has 0 amide bonds. The number of aromatic nitrogens is 1. The largest absolute Gasteiger partial charge is 0.390 e. The molecule has 0 bridgehead atoms. The lowest BCUT2D eigenvalue weighted by molar-refractivity contribution is -0.191. The van der Waals surface area contributed by atoms with E-state index in [0.29, 0.717) is 25.0 Å². The Balaban J connectivity index is 1.39. The summed E-state index contributed by atoms with van der Waals surface area (Å²) in [6.45, 7) is 5.08. The van der Waals surface area contributed by atoms with Gasteiger partial charge in [0.15, 0.2) is 11.5 Å². The molecular weight excluding hydrogens is 463 g/mol. The van der Waals surface area contributed by atoms with E-state index in [1.54, 1.807) is 31.5 Å². The first kappa shape index (κ1) is 25.2. The molecule has 1 aromatic rings. The summed E-state index contributed by atoms with van der Waals surface area (Å²) in [6.07, 6.45) is 9.12. The number of fused-ring (bicyclic) bond motifs is 5. The van der Waals surface area contributed by atoms with Crippen LogP contribution in [0.25, 0.3) is 0 Å². The number of aliphatic hydroxyl groups is 3. The van der Waals surface area contributed by atoms with E-state index in [4.69, 9.17) is 4.84 Å². The highest BCUT2D eigenvalue weighted by molar-refractivity contribution is 6.05. The summed E-state index contributed by atoms with van der Waals surface area (Å²) in [6, 6.07) is 1.98. The topological polar surface area (TPSA) is 112 Å². The van der Waals surface area contributed by atoms with Crippen molar-refractivity contribution in [2.45, 2.75) is 70.4 Å². The smallest absolute Gasteiger partial charge is 0.190 e. The summed E-state index contributed by atoms with van der Waals surface area (Å²) in [5.41, 5.74) is -1.32. The molecule has 0 spiro atoms. The molecular formula is C28H35FN2O5. The SMILES string of the molecule is Cc1cncc(CO/N=C2/C=C[C@@]3(C)C(=C2)CC[C@H]2[C@@H]4C[C@@H](C)[C@](O)(C(=O)CO)C4C[C@H](O)[C@@]23F)c1. The van der Waals surface area contributed by atoms with Gasteiger partial charge in [-0.3, -0.25) is 9.78 Å². The third-order valence-corrected chi connectivity index (χ3v) is 9.50. The number of alkyl halides is 1. The van der Waals surface area contributed by atoms with E-state index in [2.05, 4.69) is 10.1 Å². The minimum atomic E-state index is -1.94. The van der Waals surface area contributed by atoms with Crippen LogP contribution in [0.15, 0.2) is 47.4 Å². The molecule has 7 nitrogen and oxygen atoms in total. The van der Waals surface area contributed by atoms with Crippen molar-refractivity contribution in [3.8, 4) is 0 Å². The monoisotopic (exact) mass is 498 g/mol. The van der Waals surface area contributed by atoms with Gasteiger partial charge in [0.05, 0.1) is 6.10 Å². The van der Waals surface area contributed by atoms with Gasteiger partial charge < -0.3 is 20.2 Å². The standard InChI is InChI=1S/C28H35FN2O5/c1-16-8-18(13-30-12-16)15-36-31-20-6-7-26(3)19(10-20)4-5-22-21-9-17(2)27(35,25(34)14-32)23(21)11-24(33)28(22,26)29/h6-8,10,12-13,17,21-24,32-33,35H,4-5,9,11,14-15H2,1-3H3/b31-20-/t17-,21+,22+,23?,24+,26+,27-,28+/m1/s1. The van der Waals surface area contributed by atoms with Gasteiger partial charge in [-0.05, 0) is 75.1 Å². The van der Waals surface area contributed by atoms with Crippen molar-refractivity contribution in [1.82, 2.24) is 4.98 Å². The third-order valence-electron chi connectivity index (χ3n) is 9.50. The van der Waals surface area contributed by atoms with E-state index in [-0.39, 0.29) is 18.9 Å². The summed E-state index contributed by atoms with van der Waals surface area (Å²) in [7, 11) is 0. The number of allylic oxidation sites excluding steroid dienone is 4. The molecule has 1 unspecified atom stereocenters. The van der Waals surface area contributed by atoms with Crippen LogP contribution in [-0.4, -0.2) is 55.8 Å². The van der Waals surface area contributed by atoms with Crippen LogP contribution in [-0.2, 0) is 16.2 Å². The first-order valence-corrected chi connectivity index (χ1v) is 12.8. The predicted molar refractivity (Wildman–Crippen MR) is 132 cm³/mol. The second-order valence-electron chi connectivity index (χ2n) is 11.3. The van der Waals surface area contributed by atoms with Gasteiger partial charge in [0.1, 0.15) is 24.5 Å². The Bertz CT molecular complexity index is 1150. The molecule has 5 rings (SSSR count). The third kappa shape index (κ3) is 3.52. The maximum atomic E-state index is 17.2. The molecule has 194 valence electrons. The van der Waals surface area contributed by atoms with E-state index in [0.717, 1.165) is 16.7 Å². The minimum absolute atomic E-state index is 0.0183. The zero-order valence-corrected chi connectivity index (χ0v) is 21.0. The summed E-state index contributed by atoms with van der Waals surface area (Å²) in [5.74, 6) is -2.37. The molecule has 0 saturated heterocycles. The number of aliphatic hydroxyl groups excluding tert-OH is 2. The fourth-order valence-electron chi connectivity index (χ4n) is 7.66. The number of pyridine rings is 1. The van der Waals surface area contributed by atoms with Gasteiger partial charge in [-0.1, -0.05) is 23.7 Å². The van der Waals surface area contributed by atoms with Gasteiger partial charge in [0.2, 0.25) is 0 Å². The van der Waals surface area contributed by atoms with E-state index in [1.807, 2.05) is 26.0 Å². The maximum Gasteiger partial charge on any atom is 0.190 e. The fraction of sp³-hybridized carbons (Fsp3) is 0.607. The Kier molecular flexibility index (Phi) is 6.21. The molecule has 1 heterocycles. The number of nitrogens with zero attached hydrogens (tertiary/aromatic N) is 2. The Morgan fingerprint density at radius 2 is 2.08 bits per heavy atom. The molecule has 8 atom stereocenters. The van der Waals surface area contributed by atoms with E-state index < -0.39 is 52.9 Å². The van der Waals surface area contributed by atoms with Crippen molar-refractivity contribution < 1.29 is 29.3 Å². The number of hydrogen-bond donors (Lipinski definition) is 3. The maximum absolute atomic E-state index is 17.2. The Morgan fingerprint density at radius 1 is 1.31 bits per heavy atom. The van der Waals surface area contributed by atoms with Gasteiger partial charge in [0.25, 0.3) is 0 Å². The number of aryl methyl sites for hydroxylation is 1. The molecule has 0 aromatic carbocycles. The number of halogens is 1. The molecule has 8 heteroatoms. The lowest BCUT2D eigenvalue weighted by atomic mass is 9.48. The van der Waals surface area contributed by atoms with Crippen molar-refractivity contribution in [1.29, 1.82) is 0 Å². The van der Waals surface area contributed by atoms with E-state index >= 15 is 4.39 Å². The second-order valence-corrected chi connectivity index (χ2v) is 11.3. The first-order valence-electron chi connectivity index (χ1n) is 12.8. The first-order chi connectivity index (χ1) is 17.1. The molecule has 1 aromatic heterocycles. The highest BCUT2D eigenvalue weighted by Crippen LogP contribution is 2.66. The van der Waals surface area contributed by atoms with Crippen LogP contribution >= 0.6 is 0 Å². The average molecular weight is 499 g/mol. The highest BCUT2D eigenvalue weighted by Gasteiger charge is 2.71. The van der Waals surface area contributed by atoms with Crippen molar-refractivity contribution in [3.63, 3.8) is 0 Å². The summed E-state index contributed by atoms with van der Waals surface area (Å²) >= 11 is 0. The lowest BCUT2D eigenvalue weighted by Gasteiger charge is -2.59. The van der Waals surface area contributed by atoms with Crippen LogP contribution in [0.1, 0.15) is 50.7 Å². The fourth-order valence-corrected chi connectivity index (χ4v) is 7.66. The van der Waals surface area contributed by atoms with Gasteiger partial charge in [-0.15, -0.1) is 0 Å². The van der Waals surface area contributed by atoms with Gasteiger partial charge >= 0.3 is 0 Å².